The lowest BCUT2D eigenvalue weighted by atomic mass is 9.93. The molecule has 1 amide bonds. The van der Waals surface area contributed by atoms with Gasteiger partial charge in [-0.1, -0.05) is 0 Å². The first-order chi connectivity index (χ1) is 13.6. The van der Waals surface area contributed by atoms with Crippen LogP contribution in [0.5, 0.6) is 0 Å². The normalized spacial score (nSPS) is 38.8. The number of hydrazine groups is 1. The van der Waals surface area contributed by atoms with Gasteiger partial charge >= 0.3 is 6.18 Å². The van der Waals surface area contributed by atoms with Gasteiger partial charge in [0.2, 0.25) is 0 Å². The molecule has 2 heterocycles. The largest absolute Gasteiger partial charge is 0.405 e. The van der Waals surface area contributed by atoms with Crippen LogP contribution in [-0.4, -0.2) is 60.0 Å². The molecule has 166 valence electrons. The molecule has 7 unspecified atom stereocenters. The Hall–Kier alpha value is -1.21. The summed E-state index contributed by atoms with van der Waals surface area (Å²) < 4.78 is 52.4. The standard InChI is InChI=1S/C16H25ClF4N6O2/c1-7-2-11(29-27-7)14(28)24-15(22-10-4-8(17)3-9(18)5-10)23-13-6-12(25-26-13)16(19,20)21/h7-13,25-27H,2-6H2,1H3,(H2,22,23,24,28). The number of amides is 1. The summed E-state index contributed by atoms with van der Waals surface area (Å²) in [6.07, 6.45) is -6.31. The topological polar surface area (TPSA) is 98.8 Å². The van der Waals surface area contributed by atoms with Crippen molar-refractivity contribution in [3.8, 4) is 0 Å². The molecule has 0 aromatic heterocycles. The predicted molar refractivity (Wildman–Crippen MR) is 97.5 cm³/mol. The van der Waals surface area contributed by atoms with Gasteiger partial charge in [0.1, 0.15) is 18.4 Å². The molecule has 0 aromatic rings. The van der Waals surface area contributed by atoms with Gasteiger partial charge in [0.05, 0.1) is 0 Å². The van der Waals surface area contributed by atoms with E-state index in [0.717, 1.165) is 0 Å². The second-order valence-electron chi connectivity index (χ2n) is 7.71. The van der Waals surface area contributed by atoms with Crippen LogP contribution < -0.4 is 27.0 Å². The molecule has 1 saturated carbocycles. The Morgan fingerprint density at radius 1 is 1.17 bits per heavy atom. The van der Waals surface area contributed by atoms with Crippen LogP contribution in [0.25, 0.3) is 0 Å². The highest BCUT2D eigenvalue weighted by atomic mass is 35.5. The second kappa shape index (κ2) is 9.29. The van der Waals surface area contributed by atoms with Crippen LogP contribution in [0.2, 0.25) is 0 Å². The van der Waals surface area contributed by atoms with Crippen molar-refractivity contribution in [3.05, 3.63) is 0 Å². The monoisotopic (exact) mass is 444 g/mol. The highest BCUT2D eigenvalue weighted by Gasteiger charge is 2.44. The minimum Gasteiger partial charge on any atom is -0.353 e. The number of guanidine groups is 1. The Labute approximate surface area is 170 Å². The van der Waals surface area contributed by atoms with Crippen LogP contribution in [0.1, 0.15) is 39.0 Å². The molecular formula is C16H25ClF4N6O2. The van der Waals surface area contributed by atoms with Gasteiger partial charge in [-0.2, -0.15) is 18.7 Å². The number of halogens is 5. The van der Waals surface area contributed by atoms with E-state index in [1.54, 1.807) is 0 Å². The molecule has 3 aliphatic rings. The molecule has 2 aliphatic heterocycles. The lowest BCUT2D eigenvalue weighted by Crippen LogP contribution is -2.52. The van der Waals surface area contributed by atoms with Crippen molar-refractivity contribution in [1.29, 1.82) is 0 Å². The summed E-state index contributed by atoms with van der Waals surface area (Å²) in [5.74, 6) is -0.537. The molecule has 3 fully saturated rings. The third-order valence-electron chi connectivity index (χ3n) is 5.01. The van der Waals surface area contributed by atoms with Crippen molar-refractivity contribution in [2.75, 3.05) is 0 Å². The van der Waals surface area contributed by atoms with E-state index in [4.69, 9.17) is 16.4 Å². The van der Waals surface area contributed by atoms with Crippen LogP contribution in [-0.2, 0) is 9.63 Å². The van der Waals surface area contributed by atoms with E-state index in [0.29, 0.717) is 12.8 Å². The summed E-state index contributed by atoms with van der Waals surface area (Å²) in [6, 6.07) is -2.18. The quantitative estimate of drug-likeness (QED) is 0.193. The van der Waals surface area contributed by atoms with E-state index in [2.05, 4.69) is 32.0 Å². The first-order valence-electron chi connectivity index (χ1n) is 9.52. The van der Waals surface area contributed by atoms with E-state index >= 15 is 0 Å². The van der Waals surface area contributed by atoms with Crippen molar-refractivity contribution in [3.63, 3.8) is 0 Å². The SMILES string of the molecule is CC1CC(C(=O)N/C(=N\C2CC(C(F)(F)F)NN2)NC2CC(F)CC(Cl)C2)ON1. The van der Waals surface area contributed by atoms with Crippen molar-refractivity contribution in [2.24, 2.45) is 4.99 Å². The smallest absolute Gasteiger partial charge is 0.353 e. The summed E-state index contributed by atoms with van der Waals surface area (Å²) in [7, 11) is 0. The summed E-state index contributed by atoms with van der Waals surface area (Å²) in [6.45, 7) is 1.84. The van der Waals surface area contributed by atoms with Gasteiger partial charge in [-0.25, -0.2) is 20.2 Å². The fourth-order valence-corrected chi connectivity index (χ4v) is 3.98. The molecule has 5 N–H and O–H groups in total. The Morgan fingerprint density at radius 2 is 1.93 bits per heavy atom. The number of hydrogen-bond acceptors (Lipinski definition) is 6. The van der Waals surface area contributed by atoms with Gasteiger partial charge in [0.15, 0.2) is 12.1 Å². The average Bonchev–Trinajstić information content (AvgIpc) is 3.22. The van der Waals surface area contributed by atoms with Crippen molar-refractivity contribution in [1.82, 2.24) is 27.0 Å². The number of carbonyl (C=O) groups is 1. The summed E-state index contributed by atoms with van der Waals surface area (Å²) >= 11 is 6.07. The Kier molecular flexibility index (Phi) is 7.20. The van der Waals surface area contributed by atoms with E-state index in [9.17, 15) is 22.4 Å². The van der Waals surface area contributed by atoms with Crippen LogP contribution in [0.3, 0.4) is 0 Å². The molecular weight excluding hydrogens is 420 g/mol. The third-order valence-corrected chi connectivity index (χ3v) is 5.37. The maximum Gasteiger partial charge on any atom is 0.405 e. The first kappa shape index (κ1) is 22.5. The number of nitrogens with zero attached hydrogens (tertiary/aromatic N) is 1. The van der Waals surface area contributed by atoms with Crippen LogP contribution >= 0.6 is 11.6 Å². The van der Waals surface area contributed by atoms with E-state index < -0.39 is 42.6 Å². The molecule has 1 aliphatic carbocycles. The fraction of sp³-hybridized carbons (Fsp3) is 0.875. The maximum absolute atomic E-state index is 13.8. The Morgan fingerprint density at radius 3 is 2.52 bits per heavy atom. The molecule has 0 radical (unpaired) electrons. The maximum atomic E-state index is 13.8. The number of hydroxylamine groups is 1. The first-order valence-corrected chi connectivity index (χ1v) is 9.96. The summed E-state index contributed by atoms with van der Waals surface area (Å²) in [5.41, 5.74) is 7.28. The molecule has 0 spiro atoms. The lowest BCUT2D eigenvalue weighted by molar-refractivity contribution is -0.153. The minimum atomic E-state index is -4.43. The Balaban J connectivity index is 1.68. The minimum absolute atomic E-state index is 0.0185. The summed E-state index contributed by atoms with van der Waals surface area (Å²) in [5, 5.41) is 5.11. The number of alkyl halides is 5. The molecule has 0 aromatic carbocycles. The van der Waals surface area contributed by atoms with E-state index in [-0.39, 0.29) is 36.6 Å². The highest BCUT2D eigenvalue weighted by Crippen LogP contribution is 2.27. The number of aliphatic imine (C=N–C) groups is 1. The fourth-order valence-electron chi connectivity index (χ4n) is 3.57. The average molecular weight is 445 g/mol. The molecule has 13 heteroatoms. The number of hydrogen-bond donors (Lipinski definition) is 5. The molecule has 29 heavy (non-hydrogen) atoms. The number of rotatable bonds is 3. The second-order valence-corrected chi connectivity index (χ2v) is 8.32. The van der Waals surface area contributed by atoms with Crippen LogP contribution in [0.4, 0.5) is 17.6 Å². The van der Waals surface area contributed by atoms with E-state index in [1.807, 2.05) is 6.92 Å². The highest BCUT2D eigenvalue weighted by molar-refractivity contribution is 6.20. The molecule has 3 rings (SSSR count). The van der Waals surface area contributed by atoms with Crippen molar-refractivity contribution >= 4 is 23.5 Å². The van der Waals surface area contributed by atoms with Crippen molar-refractivity contribution in [2.45, 2.75) is 87.1 Å². The molecule has 2 saturated heterocycles. The Bertz CT molecular complexity index is 615. The van der Waals surface area contributed by atoms with Gasteiger partial charge in [0, 0.05) is 30.3 Å². The lowest BCUT2D eigenvalue weighted by Gasteiger charge is -2.30. The van der Waals surface area contributed by atoms with Gasteiger partial charge in [0.25, 0.3) is 5.91 Å². The third kappa shape index (κ3) is 6.38. The number of nitrogens with one attached hydrogen (secondary N) is 5. The predicted octanol–water partition coefficient (Wildman–Crippen LogP) is 0.983. The van der Waals surface area contributed by atoms with Gasteiger partial charge < -0.3 is 5.32 Å². The van der Waals surface area contributed by atoms with Gasteiger partial charge in [-0.15, -0.1) is 11.6 Å². The van der Waals surface area contributed by atoms with Crippen LogP contribution in [0, 0.1) is 0 Å². The molecule has 0 bridgehead atoms. The number of carbonyl (C=O) groups excluding carboxylic acids is 1. The van der Waals surface area contributed by atoms with Crippen molar-refractivity contribution < 1.29 is 27.2 Å². The zero-order valence-corrected chi connectivity index (χ0v) is 16.5. The molecule has 7 atom stereocenters. The zero-order valence-electron chi connectivity index (χ0n) is 15.7. The summed E-state index contributed by atoms with van der Waals surface area (Å²) in [4.78, 5) is 21.8. The molecule has 8 nitrogen and oxygen atoms in total. The van der Waals surface area contributed by atoms with Crippen LogP contribution in [0.15, 0.2) is 4.99 Å². The van der Waals surface area contributed by atoms with E-state index in [1.165, 1.54) is 0 Å². The zero-order chi connectivity index (χ0) is 21.2. The van der Waals surface area contributed by atoms with Gasteiger partial charge in [-0.05, 0) is 26.2 Å². The van der Waals surface area contributed by atoms with Gasteiger partial charge in [-0.3, -0.25) is 14.9 Å².